The van der Waals surface area contributed by atoms with Crippen molar-refractivity contribution in [1.82, 2.24) is 0 Å². The lowest BCUT2D eigenvalue weighted by Crippen LogP contribution is -2.27. The van der Waals surface area contributed by atoms with Crippen LogP contribution in [0.15, 0.2) is 30.3 Å². The Morgan fingerprint density at radius 1 is 1.25 bits per heavy atom. The molecule has 5 N–H and O–H groups in total. The summed E-state index contributed by atoms with van der Waals surface area (Å²) >= 11 is 0. The number of aliphatic hydroxyl groups excluding tert-OH is 1. The first-order chi connectivity index (χ1) is 11.3. The molecule has 0 aromatic heterocycles. The van der Waals surface area contributed by atoms with Gasteiger partial charge in [-0.2, -0.15) is 0 Å². The van der Waals surface area contributed by atoms with Crippen LogP contribution >= 0.6 is 0 Å². The van der Waals surface area contributed by atoms with Gasteiger partial charge in [0.25, 0.3) is 6.41 Å². The van der Waals surface area contributed by atoms with Gasteiger partial charge >= 0.3 is 0 Å². The van der Waals surface area contributed by atoms with Gasteiger partial charge in [0.05, 0.1) is 16.9 Å². The van der Waals surface area contributed by atoms with Crippen LogP contribution in [0.3, 0.4) is 0 Å². The molecule has 2 aromatic carbocycles. The number of aryl methyl sites for hydroxylation is 1. The molecule has 1 atom stereocenters. The van der Waals surface area contributed by atoms with Crippen molar-refractivity contribution in [2.45, 2.75) is 19.8 Å². The molecule has 128 valence electrons. The molecule has 0 aliphatic rings. The van der Waals surface area contributed by atoms with Crippen molar-refractivity contribution in [3.05, 3.63) is 58.9 Å². The largest absolute Gasteiger partial charge is 0.434 e. The number of halogens is 3. The highest BCUT2D eigenvalue weighted by Gasteiger charge is 2.20. The van der Waals surface area contributed by atoms with E-state index in [4.69, 9.17) is 16.2 Å². The van der Waals surface area contributed by atoms with Gasteiger partial charge in [-0.15, -0.1) is 0 Å². The van der Waals surface area contributed by atoms with Crippen molar-refractivity contribution in [2.75, 3.05) is 5.32 Å². The third-order valence-electron chi connectivity index (χ3n) is 3.28. The number of aliphatic hydroxyl groups is 1. The zero-order valence-electron chi connectivity index (χ0n) is 12.7. The van der Waals surface area contributed by atoms with Crippen molar-refractivity contribution < 1.29 is 23.0 Å². The van der Waals surface area contributed by atoms with Crippen molar-refractivity contribution in [1.29, 1.82) is 5.41 Å². The first-order valence-electron chi connectivity index (χ1n) is 7.06. The maximum absolute atomic E-state index is 14.1. The fourth-order valence-electron chi connectivity index (χ4n) is 2.06. The standard InChI is InChI=1S/C16H16F3N3O2/c1-2-8-3-6-12(11(18)7-8)22-14-9(15(20)24-16(21)23)4-5-10(17)13(14)19/h3-7,16,20,22-23H,2,21H2,1H3. The Morgan fingerprint density at radius 3 is 2.54 bits per heavy atom. The topological polar surface area (TPSA) is 91.4 Å². The molecule has 24 heavy (non-hydrogen) atoms. The van der Waals surface area contributed by atoms with Gasteiger partial charge in [-0.3, -0.25) is 11.1 Å². The molecule has 0 spiro atoms. The summed E-state index contributed by atoms with van der Waals surface area (Å²) < 4.78 is 46.3. The van der Waals surface area contributed by atoms with Crippen molar-refractivity contribution in [3.8, 4) is 0 Å². The smallest absolute Gasteiger partial charge is 0.256 e. The van der Waals surface area contributed by atoms with Gasteiger partial charge in [-0.1, -0.05) is 13.0 Å². The second kappa shape index (κ2) is 7.33. The second-order valence-electron chi connectivity index (χ2n) is 4.91. The Labute approximate surface area is 136 Å². The van der Waals surface area contributed by atoms with E-state index in [1.54, 1.807) is 6.07 Å². The zero-order valence-corrected chi connectivity index (χ0v) is 12.7. The average Bonchev–Trinajstić information content (AvgIpc) is 2.52. The Bertz CT molecular complexity index is 766. The third kappa shape index (κ3) is 3.84. The van der Waals surface area contributed by atoms with E-state index in [9.17, 15) is 13.2 Å². The van der Waals surface area contributed by atoms with Crippen LogP contribution in [0, 0.1) is 22.9 Å². The summed E-state index contributed by atoms with van der Waals surface area (Å²) in [6.45, 7) is 1.85. The molecule has 1 unspecified atom stereocenters. The van der Waals surface area contributed by atoms with Gasteiger partial charge in [0, 0.05) is 0 Å². The summed E-state index contributed by atoms with van der Waals surface area (Å²) in [7, 11) is 0. The number of nitrogens with one attached hydrogen (secondary N) is 2. The minimum absolute atomic E-state index is 0.0981. The Hall–Kier alpha value is -2.58. The maximum Gasteiger partial charge on any atom is 0.256 e. The molecule has 0 saturated carbocycles. The third-order valence-corrected chi connectivity index (χ3v) is 3.28. The molecule has 2 aromatic rings. The quantitative estimate of drug-likeness (QED) is 0.383. The molecular formula is C16H16F3N3O2. The van der Waals surface area contributed by atoms with E-state index in [1.165, 1.54) is 12.1 Å². The fourth-order valence-corrected chi connectivity index (χ4v) is 2.06. The van der Waals surface area contributed by atoms with Crippen LogP contribution < -0.4 is 11.1 Å². The molecule has 0 fully saturated rings. The Balaban J connectivity index is 2.45. The minimum atomic E-state index is -1.81. The van der Waals surface area contributed by atoms with Crippen LogP contribution in [0.2, 0.25) is 0 Å². The highest BCUT2D eigenvalue weighted by molar-refractivity contribution is 5.98. The maximum atomic E-state index is 14.1. The number of hydrogen-bond donors (Lipinski definition) is 4. The SMILES string of the molecule is CCc1ccc(Nc2c(C(=N)OC(N)O)ccc(F)c2F)c(F)c1. The summed E-state index contributed by atoms with van der Waals surface area (Å²) in [5.74, 6) is -3.86. The van der Waals surface area contributed by atoms with Crippen molar-refractivity contribution in [2.24, 2.45) is 5.73 Å². The van der Waals surface area contributed by atoms with E-state index in [2.05, 4.69) is 10.1 Å². The number of ether oxygens (including phenoxy) is 1. The molecule has 0 radical (unpaired) electrons. The molecular weight excluding hydrogens is 323 g/mol. The predicted molar refractivity (Wildman–Crippen MR) is 83.5 cm³/mol. The van der Waals surface area contributed by atoms with Gasteiger partial charge in [-0.05, 0) is 36.2 Å². The van der Waals surface area contributed by atoms with E-state index in [0.717, 1.165) is 17.7 Å². The summed E-state index contributed by atoms with van der Waals surface area (Å²) in [4.78, 5) is 0. The molecule has 2 rings (SSSR count). The van der Waals surface area contributed by atoms with Gasteiger partial charge in [-0.25, -0.2) is 13.2 Å². The van der Waals surface area contributed by atoms with Crippen LogP contribution in [0.25, 0.3) is 0 Å². The Kier molecular flexibility index (Phi) is 5.42. The molecule has 0 amide bonds. The second-order valence-corrected chi connectivity index (χ2v) is 4.91. The van der Waals surface area contributed by atoms with Crippen LogP contribution in [0.1, 0.15) is 18.1 Å². The molecule has 0 saturated heterocycles. The minimum Gasteiger partial charge on any atom is -0.434 e. The zero-order chi connectivity index (χ0) is 17.9. The lowest BCUT2D eigenvalue weighted by molar-refractivity contribution is -0.0213. The predicted octanol–water partition coefficient (Wildman–Crippen LogP) is 2.99. The van der Waals surface area contributed by atoms with E-state index >= 15 is 0 Å². The Morgan fingerprint density at radius 2 is 1.96 bits per heavy atom. The first-order valence-corrected chi connectivity index (χ1v) is 7.06. The van der Waals surface area contributed by atoms with E-state index in [-0.39, 0.29) is 11.3 Å². The molecule has 0 aliphatic heterocycles. The van der Waals surface area contributed by atoms with Crippen LogP contribution in [0.4, 0.5) is 24.5 Å². The fraction of sp³-hybridized carbons (Fsp3) is 0.188. The van der Waals surface area contributed by atoms with E-state index in [0.29, 0.717) is 6.42 Å². The van der Waals surface area contributed by atoms with Gasteiger partial charge < -0.3 is 15.2 Å². The highest BCUT2D eigenvalue weighted by atomic mass is 19.2. The normalized spacial score (nSPS) is 11.9. The molecule has 8 heteroatoms. The molecule has 0 heterocycles. The number of nitrogens with two attached hydrogens (primary N) is 1. The van der Waals surface area contributed by atoms with Crippen LogP contribution in [-0.4, -0.2) is 17.4 Å². The first kappa shape index (κ1) is 17.8. The number of rotatable bonds is 5. The van der Waals surface area contributed by atoms with Gasteiger partial charge in [0.1, 0.15) is 5.82 Å². The van der Waals surface area contributed by atoms with Crippen molar-refractivity contribution >= 4 is 17.3 Å². The van der Waals surface area contributed by atoms with E-state index < -0.39 is 35.5 Å². The van der Waals surface area contributed by atoms with Crippen LogP contribution in [0.5, 0.6) is 0 Å². The van der Waals surface area contributed by atoms with Gasteiger partial charge in [0.15, 0.2) is 11.6 Å². The van der Waals surface area contributed by atoms with Crippen molar-refractivity contribution in [3.63, 3.8) is 0 Å². The average molecular weight is 339 g/mol. The number of hydrogen-bond acceptors (Lipinski definition) is 5. The summed E-state index contributed by atoms with van der Waals surface area (Å²) in [6, 6.07) is 6.12. The highest BCUT2D eigenvalue weighted by Crippen LogP contribution is 2.29. The van der Waals surface area contributed by atoms with E-state index in [1.807, 2.05) is 6.92 Å². The summed E-state index contributed by atoms with van der Waals surface area (Å²) in [6.07, 6.45) is -1.19. The van der Waals surface area contributed by atoms with Gasteiger partial charge in [0.2, 0.25) is 5.90 Å². The summed E-state index contributed by atoms with van der Waals surface area (Å²) in [5.41, 5.74) is 4.92. The van der Waals surface area contributed by atoms with Crippen LogP contribution in [-0.2, 0) is 11.2 Å². The summed E-state index contributed by atoms with van der Waals surface area (Å²) in [5, 5.41) is 19.0. The molecule has 5 nitrogen and oxygen atoms in total. The monoisotopic (exact) mass is 339 g/mol. The number of benzene rings is 2. The molecule has 0 aliphatic carbocycles. The lowest BCUT2D eigenvalue weighted by atomic mass is 10.1. The lowest BCUT2D eigenvalue weighted by Gasteiger charge is -2.16. The molecule has 0 bridgehead atoms. The number of anilines is 2.